The fourth-order valence-corrected chi connectivity index (χ4v) is 3.43. The van der Waals surface area contributed by atoms with Crippen LogP contribution in [-0.2, 0) is 13.0 Å². The number of hydrogen-bond acceptors (Lipinski definition) is 6. The standard InChI is InChI=1S/C20H22N4O2/c1-2-15-4-5-18-17(12-15)16(13-19(25)26-18)14-23-8-10-24(11-9-23)20-21-6-3-7-22-20/h3-7,12-13H,2,8-11,14H2,1H3. The molecule has 1 aliphatic heterocycles. The van der Waals surface area contributed by atoms with Gasteiger partial charge in [-0.25, -0.2) is 14.8 Å². The van der Waals surface area contributed by atoms with E-state index in [9.17, 15) is 4.79 Å². The fraction of sp³-hybridized carbons (Fsp3) is 0.350. The van der Waals surface area contributed by atoms with E-state index < -0.39 is 0 Å². The van der Waals surface area contributed by atoms with Gasteiger partial charge in [0.1, 0.15) is 5.58 Å². The van der Waals surface area contributed by atoms with Crippen LogP contribution in [0.3, 0.4) is 0 Å². The summed E-state index contributed by atoms with van der Waals surface area (Å²) in [5.41, 5.74) is 2.67. The van der Waals surface area contributed by atoms with Crippen molar-refractivity contribution in [2.75, 3.05) is 31.1 Å². The van der Waals surface area contributed by atoms with Gasteiger partial charge in [-0.2, -0.15) is 0 Å². The van der Waals surface area contributed by atoms with Crippen molar-refractivity contribution in [1.29, 1.82) is 0 Å². The highest BCUT2D eigenvalue weighted by Gasteiger charge is 2.20. The zero-order valence-electron chi connectivity index (χ0n) is 14.9. The molecule has 0 saturated carbocycles. The van der Waals surface area contributed by atoms with Crippen molar-refractivity contribution >= 4 is 16.9 Å². The lowest BCUT2D eigenvalue weighted by atomic mass is 10.0. The van der Waals surface area contributed by atoms with E-state index in [-0.39, 0.29) is 5.63 Å². The Balaban J connectivity index is 1.52. The second-order valence-electron chi connectivity index (χ2n) is 6.59. The Kier molecular flexibility index (Phi) is 4.67. The predicted molar refractivity (Wildman–Crippen MR) is 101 cm³/mol. The van der Waals surface area contributed by atoms with E-state index in [1.165, 1.54) is 5.56 Å². The Morgan fingerprint density at radius 3 is 2.58 bits per heavy atom. The highest BCUT2D eigenvalue weighted by molar-refractivity contribution is 5.80. The summed E-state index contributed by atoms with van der Waals surface area (Å²) in [6, 6.07) is 9.53. The van der Waals surface area contributed by atoms with Gasteiger partial charge in [-0.3, -0.25) is 4.90 Å². The minimum absolute atomic E-state index is 0.284. The molecule has 2 aromatic heterocycles. The molecular formula is C20H22N4O2. The number of aryl methyl sites for hydroxylation is 1. The van der Waals surface area contributed by atoms with E-state index in [1.54, 1.807) is 18.5 Å². The molecule has 1 fully saturated rings. The molecule has 0 aliphatic carbocycles. The number of aromatic nitrogens is 2. The topological polar surface area (TPSA) is 62.5 Å². The van der Waals surface area contributed by atoms with Crippen molar-refractivity contribution in [3.63, 3.8) is 0 Å². The summed E-state index contributed by atoms with van der Waals surface area (Å²) in [6.07, 6.45) is 4.51. The third-order valence-electron chi connectivity index (χ3n) is 4.90. The summed E-state index contributed by atoms with van der Waals surface area (Å²) in [5, 5.41) is 1.04. The number of fused-ring (bicyclic) bond motifs is 1. The molecule has 26 heavy (non-hydrogen) atoms. The number of piperazine rings is 1. The van der Waals surface area contributed by atoms with Crippen molar-refractivity contribution < 1.29 is 4.42 Å². The summed E-state index contributed by atoms with van der Waals surface area (Å²) in [7, 11) is 0. The molecule has 3 heterocycles. The number of hydrogen-bond donors (Lipinski definition) is 0. The largest absolute Gasteiger partial charge is 0.423 e. The van der Waals surface area contributed by atoms with E-state index in [1.807, 2.05) is 18.2 Å². The summed E-state index contributed by atoms with van der Waals surface area (Å²) in [6.45, 7) is 6.46. The van der Waals surface area contributed by atoms with Crippen LogP contribution in [-0.4, -0.2) is 41.0 Å². The molecule has 0 spiro atoms. The highest BCUT2D eigenvalue weighted by atomic mass is 16.4. The SMILES string of the molecule is CCc1ccc2oc(=O)cc(CN3CCN(c4ncccn4)CC3)c2c1. The van der Waals surface area contributed by atoms with Crippen molar-refractivity contribution in [2.45, 2.75) is 19.9 Å². The molecule has 6 nitrogen and oxygen atoms in total. The third kappa shape index (κ3) is 3.46. The highest BCUT2D eigenvalue weighted by Crippen LogP contribution is 2.21. The molecule has 6 heteroatoms. The Bertz CT molecular complexity index is 947. The van der Waals surface area contributed by atoms with Crippen LogP contribution in [0.15, 0.2) is 51.9 Å². The van der Waals surface area contributed by atoms with Crippen LogP contribution in [0, 0.1) is 0 Å². The zero-order chi connectivity index (χ0) is 17.9. The molecule has 134 valence electrons. The quantitative estimate of drug-likeness (QED) is 0.674. The lowest BCUT2D eigenvalue weighted by Crippen LogP contribution is -2.46. The Morgan fingerprint density at radius 2 is 1.85 bits per heavy atom. The minimum atomic E-state index is -0.284. The van der Waals surface area contributed by atoms with E-state index in [4.69, 9.17) is 4.42 Å². The fourth-order valence-electron chi connectivity index (χ4n) is 3.43. The summed E-state index contributed by atoms with van der Waals surface area (Å²) in [4.78, 5) is 25.1. The van der Waals surface area contributed by atoms with Crippen LogP contribution >= 0.6 is 0 Å². The lowest BCUT2D eigenvalue weighted by Gasteiger charge is -2.34. The van der Waals surface area contributed by atoms with Gasteiger partial charge in [-0.15, -0.1) is 0 Å². The van der Waals surface area contributed by atoms with Crippen LogP contribution in [0.4, 0.5) is 5.95 Å². The first kappa shape index (κ1) is 16.7. The van der Waals surface area contributed by atoms with Gasteiger partial charge < -0.3 is 9.32 Å². The second kappa shape index (κ2) is 7.25. The Morgan fingerprint density at radius 1 is 1.08 bits per heavy atom. The van der Waals surface area contributed by atoms with E-state index in [0.717, 1.165) is 56.0 Å². The van der Waals surface area contributed by atoms with Gasteiger partial charge in [-0.05, 0) is 35.7 Å². The molecule has 1 aliphatic rings. The van der Waals surface area contributed by atoms with E-state index in [2.05, 4.69) is 32.8 Å². The molecule has 0 atom stereocenters. The molecule has 0 amide bonds. The van der Waals surface area contributed by atoms with Gasteiger partial charge in [0.25, 0.3) is 0 Å². The van der Waals surface area contributed by atoms with Gasteiger partial charge in [-0.1, -0.05) is 13.0 Å². The number of benzene rings is 1. The Labute approximate surface area is 152 Å². The molecule has 4 rings (SSSR count). The molecule has 0 bridgehead atoms. The number of rotatable bonds is 4. The summed E-state index contributed by atoms with van der Waals surface area (Å²) in [5.74, 6) is 0.783. The minimum Gasteiger partial charge on any atom is -0.423 e. The second-order valence-corrected chi connectivity index (χ2v) is 6.59. The van der Waals surface area contributed by atoms with Gasteiger partial charge in [0.15, 0.2) is 0 Å². The molecule has 1 aromatic carbocycles. The summed E-state index contributed by atoms with van der Waals surface area (Å²) < 4.78 is 5.37. The van der Waals surface area contributed by atoms with Crippen molar-refractivity contribution in [3.8, 4) is 0 Å². The smallest absolute Gasteiger partial charge is 0.336 e. The van der Waals surface area contributed by atoms with Crippen LogP contribution in [0.2, 0.25) is 0 Å². The Hall–Kier alpha value is -2.73. The van der Waals surface area contributed by atoms with Crippen molar-refractivity contribution in [3.05, 3.63) is 64.3 Å². The lowest BCUT2D eigenvalue weighted by molar-refractivity contribution is 0.249. The summed E-state index contributed by atoms with van der Waals surface area (Å²) >= 11 is 0. The first-order valence-electron chi connectivity index (χ1n) is 9.03. The monoisotopic (exact) mass is 350 g/mol. The van der Waals surface area contributed by atoms with Gasteiger partial charge in [0, 0.05) is 56.6 Å². The normalized spacial score (nSPS) is 15.5. The first-order chi connectivity index (χ1) is 12.7. The molecule has 3 aromatic rings. The predicted octanol–water partition coefficient (Wildman–Crippen LogP) is 2.47. The van der Waals surface area contributed by atoms with Crippen molar-refractivity contribution in [1.82, 2.24) is 14.9 Å². The van der Waals surface area contributed by atoms with Crippen LogP contribution in [0.1, 0.15) is 18.1 Å². The molecule has 0 N–H and O–H groups in total. The van der Waals surface area contributed by atoms with Crippen LogP contribution in [0.5, 0.6) is 0 Å². The van der Waals surface area contributed by atoms with Crippen LogP contribution < -0.4 is 10.5 Å². The maximum atomic E-state index is 11.9. The molecule has 0 radical (unpaired) electrons. The number of anilines is 1. The first-order valence-corrected chi connectivity index (χ1v) is 9.03. The van der Waals surface area contributed by atoms with Crippen molar-refractivity contribution in [2.24, 2.45) is 0 Å². The third-order valence-corrected chi connectivity index (χ3v) is 4.90. The molecular weight excluding hydrogens is 328 g/mol. The number of nitrogens with zero attached hydrogens (tertiary/aromatic N) is 4. The average Bonchev–Trinajstić information content (AvgIpc) is 2.69. The van der Waals surface area contributed by atoms with Crippen LogP contribution in [0.25, 0.3) is 11.0 Å². The zero-order valence-corrected chi connectivity index (χ0v) is 14.9. The van der Waals surface area contributed by atoms with Gasteiger partial charge in [0.2, 0.25) is 5.95 Å². The van der Waals surface area contributed by atoms with Gasteiger partial charge >= 0.3 is 5.63 Å². The maximum Gasteiger partial charge on any atom is 0.336 e. The van der Waals surface area contributed by atoms with Gasteiger partial charge in [0.05, 0.1) is 0 Å². The molecule has 0 unspecified atom stereocenters. The maximum absolute atomic E-state index is 11.9. The van der Waals surface area contributed by atoms with E-state index in [0.29, 0.717) is 5.58 Å². The molecule has 1 saturated heterocycles. The average molecular weight is 350 g/mol. The van der Waals surface area contributed by atoms with E-state index >= 15 is 0 Å².